The van der Waals surface area contributed by atoms with Crippen LogP contribution in [-0.4, -0.2) is 29.9 Å². The van der Waals surface area contributed by atoms with Crippen molar-refractivity contribution in [2.45, 2.75) is 12.8 Å². The van der Waals surface area contributed by atoms with Crippen molar-refractivity contribution >= 4 is 5.95 Å². The molecule has 0 aliphatic rings. The molecule has 0 spiro atoms. The zero-order chi connectivity index (χ0) is 21.3. The van der Waals surface area contributed by atoms with Gasteiger partial charge in [-0.1, -0.05) is 5.16 Å². The van der Waals surface area contributed by atoms with E-state index in [2.05, 4.69) is 25.2 Å². The van der Waals surface area contributed by atoms with E-state index in [9.17, 15) is 13.2 Å². The van der Waals surface area contributed by atoms with Crippen LogP contribution in [0.2, 0.25) is 0 Å². The zero-order valence-electron chi connectivity index (χ0n) is 15.5. The van der Waals surface area contributed by atoms with Crippen molar-refractivity contribution in [3.05, 3.63) is 54.0 Å². The van der Waals surface area contributed by atoms with Crippen molar-refractivity contribution in [1.82, 2.24) is 29.9 Å². The van der Waals surface area contributed by atoms with E-state index in [-0.39, 0.29) is 30.0 Å². The molecule has 0 saturated heterocycles. The van der Waals surface area contributed by atoms with Gasteiger partial charge in [0.25, 0.3) is 5.89 Å². The van der Waals surface area contributed by atoms with Crippen molar-refractivity contribution in [2.75, 3.05) is 5.73 Å². The molecule has 0 radical (unpaired) electrons. The fourth-order valence-corrected chi connectivity index (χ4v) is 2.64. The van der Waals surface area contributed by atoms with Crippen molar-refractivity contribution in [3.8, 4) is 28.7 Å². The highest BCUT2D eigenvalue weighted by Crippen LogP contribution is 2.31. The summed E-state index contributed by atoms with van der Waals surface area (Å²) in [5, 5.41) is 8.05. The molecule has 12 heteroatoms. The van der Waals surface area contributed by atoms with Crippen LogP contribution in [0.15, 0.2) is 47.2 Å². The molecule has 30 heavy (non-hydrogen) atoms. The largest absolute Gasteiger partial charge is 0.487 e. The topological polar surface area (TPSA) is 118 Å². The van der Waals surface area contributed by atoms with Crippen LogP contribution in [0.4, 0.5) is 19.1 Å². The van der Waals surface area contributed by atoms with Crippen molar-refractivity contribution in [3.63, 3.8) is 0 Å². The van der Waals surface area contributed by atoms with Gasteiger partial charge in [0.05, 0.1) is 23.0 Å². The summed E-state index contributed by atoms with van der Waals surface area (Å²) >= 11 is 0. The summed E-state index contributed by atoms with van der Waals surface area (Å²) in [5.41, 5.74) is 6.32. The summed E-state index contributed by atoms with van der Waals surface area (Å²) in [6.07, 6.45) is -1.41. The van der Waals surface area contributed by atoms with Gasteiger partial charge in [-0.2, -0.15) is 23.3 Å². The molecule has 0 unspecified atom stereocenters. The second-order valence-corrected chi connectivity index (χ2v) is 6.16. The predicted molar refractivity (Wildman–Crippen MR) is 97.7 cm³/mol. The summed E-state index contributed by atoms with van der Waals surface area (Å²) < 4.78 is 50.5. The number of ether oxygens (including phenoxy) is 1. The SMILES string of the molecule is Cn1ncc(-c2nc(-c3ccnc(N)n3)no2)c1COc1ccc(C(F)(F)F)cc1. The number of anilines is 1. The molecule has 0 saturated carbocycles. The molecule has 0 atom stereocenters. The third-order valence-electron chi connectivity index (χ3n) is 4.18. The third-order valence-corrected chi connectivity index (χ3v) is 4.18. The molecule has 4 rings (SSSR count). The average Bonchev–Trinajstić information content (AvgIpc) is 3.33. The first-order valence-electron chi connectivity index (χ1n) is 8.55. The maximum Gasteiger partial charge on any atom is 0.416 e. The van der Waals surface area contributed by atoms with E-state index < -0.39 is 11.7 Å². The van der Waals surface area contributed by atoms with Crippen LogP contribution in [0.25, 0.3) is 23.0 Å². The Labute approximate surface area is 167 Å². The Hall–Kier alpha value is -3.96. The molecular weight excluding hydrogens is 403 g/mol. The van der Waals surface area contributed by atoms with Gasteiger partial charge in [-0.25, -0.2) is 9.97 Å². The standard InChI is InChI=1S/C18H14F3N7O2/c1-28-14(9-29-11-4-2-10(3-5-11)18(19,20)21)12(8-24-28)16-26-15(27-30-16)13-6-7-23-17(22)25-13/h2-8H,9H2,1H3,(H2,22,23,25). The second-order valence-electron chi connectivity index (χ2n) is 6.16. The van der Waals surface area contributed by atoms with Gasteiger partial charge in [0.1, 0.15) is 18.1 Å². The minimum atomic E-state index is -4.41. The van der Waals surface area contributed by atoms with Crippen LogP contribution < -0.4 is 10.5 Å². The highest BCUT2D eigenvalue weighted by atomic mass is 19.4. The fraction of sp³-hybridized carbons (Fsp3) is 0.167. The number of alkyl halides is 3. The lowest BCUT2D eigenvalue weighted by molar-refractivity contribution is -0.137. The maximum atomic E-state index is 12.7. The molecule has 0 aliphatic heterocycles. The lowest BCUT2D eigenvalue weighted by Crippen LogP contribution is -2.06. The van der Waals surface area contributed by atoms with Gasteiger partial charge in [0.2, 0.25) is 11.8 Å². The Morgan fingerprint density at radius 3 is 2.60 bits per heavy atom. The molecule has 154 valence electrons. The summed E-state index contributed by atoms with van der Waals surface area (Å²) in [7, 11) is 1.69. The van der Waals surface area contributed by atoms with Gasteiger partial charge in [-0.15, -0.1) is 0 Å². The number of halogens is 3. The van der Waals surface area contributed by atoms with Crippen LogP contribution in [0.3, 0.4) is 0 Å². The lowest BCUT2D eigenvalue weighted by atomic mass is 10.2. The van der Waals surface area contributed by atoms with E-state index in [1.54, 1.807) is 17.8 Å². The smallest absolute Gasteiger partial charge is 0.416 e. The van der Waals surface area contributed by atoms with Crippen LogP contribution in [0.5, 0.6) is 5.75 Å². The number of aryl methyl sites for hydroxylation is 1. The molecule has 0 amide bonds. The Morgan fingerprint density at radius 1 is 1.13 bits per heavy atom. The van der Waals surface area contributed by atoms with Gasteiger partial charge < -0.3 is 15.0 Å². The molecule has 3 aromatic heterocycles. The predicted octanol–water partition coefficient (Wildman–Crippen LogP) is 3.11. The Balaban J connectivity index is 1.54. The monoisotopic (exact) mass is 417 g/mol. The Kier molecular flexibility index (Phi) is 4.82. The summed E-state index contributed by atoms with van der Waals surface area (Å²) in [4.78, 5) is 12.1. The number of aromatic nitrogens is 6. The normalized spacial score (nSPS) is 11.6. The number of nitrogens with zero attached hydrogens (tertiary/aromatic N) is 6. The number of hydrogen-bond acceptors (Lipinski definition) is 8. The zero-order valence-corrected chi connectivity index (χ0v) is 15.5. The van der Waals surface area contributed by atoms with E-state index in [0.717, 1.165) is 12.1 Å². The van der Waals surface area contributed by atoms with E-state index in [0.29, 0.717) is 17.0 Å². The summed E-state index contributed by atoms with van der Waals surface area (Å²) in [6.45, 7) is 0.0232. The van der Waals surface area contributed by atoms with Crippen LogP contribution >= 0.6 is 0 Å². The first-order chi connectivity index (χ1) is 14.3. The van der Waals surface area contributed by atoms with Gasteiger partial charge in [0.15, 0.2) is 0 Å². The number of benzene rings is 1. The summed E-state index contributed by atoms with van der Waals surface area (Å²) in [5.74, 6) is 0.752. The van der Waals surface area contributed by atoms with Gasteiger partial charge in [-0.3, -0.25) is 4.68 Å². The fourth-order valence-electron chi connectivity index (χ4n) is 2.64. The molecule has 0 bridgehead atoms. The van der Waals surface area contributed by atoms with E-state index in [4.69, 9.17) is 15.0 Å². The number of nitrogens with two attached hydrogens (primary N) is 1. The van der Waals surface area contributed by atoms with Crippen molar-refractivity contribution < 1.29 is 22.4 Å². The number of hydrogen-bond donors (Lipinski definition) is 1. The summed E-state index contributed by atoms with van der Waals surface area (Å²) in [6, 6.07) is 6.00. The first-order valence-corrected chi connectivity index (χ1v) is 8.55. The van der Waals surface area contributed by atoms with E-state index in [1.165, 1.54) is 24.5 Å². The third kappa shape index (κ3) is 3.92. The molecular formula is C18H14F3N7O2. The lowest BCUT2D eigenvalue weighted by Gasteiger charge is -2.10. The Morgan fingerprint density at radius 2 is 1.90 bits per heavy atom. The van der Waals surface area contributed by atoms with Gasteiger partial charge >= 0.3 is 6.18 Å². The van der Waals surface area contributed by atoms with Crippen molar-refractivity contribution in [1.29, 1.82) is 0 Å². The van der Waals surface area contributed by atoms with Crippen LogP contribution in [0.1, 0.15) is 11.3 Å². The van der Waals surface area contributed by atoms with Gasteiger partial charge in [-0.05, 0) is 30.3 Å². The highest BCUT2D eigenvalue weighted by Gasteiger charge is 2.30. The minimum Gasteiger partial charge on any atom is -0.487 e. The molecule has 3 heterocycles. The van der Waals surface area contributed by atoms with E-state index >= 15 is 0 Å². The van der Waals surface area contributed by atoms with E-state index in [1.807, 2.05) is 0 Å². The average molecular weight is 417 g/mol. The maximum absolute atomic E-state index is 12.7. The number of nitrogen functional groups attached to an aromatic ring is 1. The molecule has 2 N–H and O–H groups in total. The second kappa shape index (κ2) is 7.46. The Bertz CT molecular complexity index is 1170. The van der Waals surface area contributed by atoms with Crippen molar-refractivity contribution in [2.24, 2.45) is 7.05 Å². The first kappa shape index (κ1) is 19.4. The molecule has 0 fully saturated rings. The molecule has 1 aromatic carbocycles. The van der Waals surface area contributed by atoms with Crippen LogP contribution in [0, 0.1) is 0 Å². The van der Waals surface area contributed by atoms with Gasteiger partial charge in [0, 0.05) is 13.2 Å². The highest BCUT2D eigenvalue weighted by molar-refractivity contribution is 5.59. The molecule has 0 aliphatic carbocycles. The van der Waals surface area contributed by atoms with Crippen LogP contribution in [-0.2, 0) is 19.8 Å². The molecule has 4 aromatic rings. The number of rotatable bonds is 5. The molecule has 9 nitrogen and oxygen atoms in total. The quantitative estimate of drug-likeness (QED) is 0.526. The minimum absolute atomic E-state index is 0.0232.